The zero-order valence-corrected chi connectivity index (χ0v) is 16.3. The summed E-state index contributed by atoms with van der Waals surface area (Å²) in [4.78, 5) is 25.2. The highest BCUT2D eigenvalue weighted by Crippen LogP contribution is 2.33. The molecule has 2 aliphatic heterocycles. The largest absolute Gasteiger partial charge is 0.481 e. The number of benzene rings is 1. The molecule has 1 amide bonds. The summed E-state index contributed by atoms with van der Waals surface area (Å²) in [6.45, 7) is 1.36. The van der Waals surface area contributed by atoms with Crippen molar-refractivity contribution in [1.29, 1.82) is 0 Å². The van der Waals surface area contributed by atoms with Crippen molar-refractivity contribution in [2.75, 3.05) is 30.2 Å². The Balaban J connectivity index is 1.59. The van der Waals surface area contributed by atoms with Crippen LogP contribution in [-0.4, -0.2) is 56.2 Å². The van der Waals surface area contributed by atoms with Gasteiger partial charge in [0.1, 0.15) is 0 Å². The Bertz CT molecular complexity index is 815. The average Bonchev–Trinajstić information content (AvgIpc) is 2.64. The van der Waals surface area contributed by atoms with Gasteiger partial charge in [0.2, 0.25) is 15.9 Å². The number of likely N-dealkylation sites (tertiary alicyclic amines) is 1. The third-order valence-electron chi connectivity index (χ3n) is 5.56. The van der Waals surface area contributed by atoms with E-state index in [-0.39, 0.29) is 17.7 Å². The maximum Gasteiger partial charge on any atom is 0.306 e. The highest BCUT2D eigenvalue weighted by atomic mass is 32.2. The molecule has 1 aromatic rings. The summed E-state index contributed by atoms with van der Waals surface area (Å²) in [5, 5.41) is 9.05. The van der Waals surface area contributed by atoms with Gasteiger partial charge in [-0.2, -0.15) is 0 Å². The van der Waals surface area contributed by atoms with E-state index in [1.807, 2.05) is 24.3 Å². The van der Waals surface area contributed by atoms with Crippen LogP contribution < -0.4 is 4.31 Å². The van der Waals surface area contributed by atoms with Crippen molar-refractivity contribution in [2.45, 2.75) is 32.1 Å². The van der Waals surface area contributed by atoms with Gasteiger partial charge in [-0.3, -0.25) is 13.9 Å². The highest BCUT2D eigenvalue weighted by molar-refractivity contribution is 7.92. The Kier molecular flexibility index (Phi) is 5.74. The van der Waals surface area contributed by atoms with E-state index in [0.717, 1.165) is 17.7 Å². The molecule has 3 rings (SSSR count). The van der Waals surface area contributed by atoms with E-state index in [0.29, 0.717) is 45.3 Å². The quantitative estimate of drug-likeness (QED) is 0.821. The summed E-state index contributed by atoms with van der Waals surface area (Å²) in [5.41, 5.74) is 1.73. The van der Waals surface area contributed by atoms with Crippen LogP contribution in [-0.2, 0) is 26.0 Å². The molecule has 27 heavy (non-hydrogen) atoms. The lowest BCUT2D eigenvalue weighted by Gasteiger charge is -2.35. The number of carbonyl (C=O) groups is 2. The van der Waals surface area contributed by atoms with Crippen molar-refractivity contribution >= 4 is 27.6 Å². The number of nitrogens with zero attached hydrogens (tertiary/aromatic N) is 2. The molecule has 148 valence electrons. The zero-order valence-electron chi connectivity index (χ0n) is 15.5. The van der Waals surface area contributed by atoms with Crippen LogP contribution in [0.2, 0.25) is 0 Å². The molecule has 0 spiro atoms. The summed E-state index contributed by atoms with van der Waals surface area (Å²) in [5.74, 6) is -1.02. The van der Waals surface area contributed by atoms with Gasteiger partial charge in [0.05, 0.1) is 17.9 Å². The lowest BCUT2D eigenvalue weighted by Crippen LogP contribution is -2.41. The monoisotopic (exact) mass is 394 g/mol. The van der Waals surface area contributed by atoms with Crippen LogP contribution in [0.15, 0.2) is 24.3 Å². The minimum atomic E-state index is -3.36. The normalized spacial score (nSPS) is 21.0. The van der Waals surface area contributed by atoms with Crippen molar-refractivity contribution in [1.82, 2.24) is 4.90 Å². The molecule has 2 heterocycles. The van der Waals surface area contributed by atoms with E-state index < -0.39 is 16.0 Å². The predicted octanol–water partition coefficient (Wildman–Crippen LogP) is 1.73. The molecule has 0 radical (unpaired) electrons. The molecule has 7 nitrogen and oxygen atoms in total. The molecule has 2 aliphatic rings. The third kappa shape index (κ3) is 4.61. The topological polar surface area (TPSA) is 95.0 Å². The number of fused-ring (bicyclic) bond motifs is 1. The van der Waals surface area contributed by atoms with Crippen LogP contribution in [0.25, 0.3) is 0 Å². The first-order valence-corrected chi connectivity index (χ1v) is 11.2. The number of carboxylic acids is 1. The second-order valence-corrected chi connectivity index (χ2v) is 9.43. The van der Waals surface area contributed by atoms with E-state index >= 15 is 0 Å². The molecular weight excluding hydrogens is 368 g/mol. The Morgan fingerprint density at radius 2 is 1.85 bits per heavy atom. The zero-order chi connectivity index (χ0) is 19.6. The van der Waals surface area contributed by atoms with Crippen molar-refractivity contribution in [3.63, 3.8) is 0 Å². The molecule has 0 saturated carbocycles. The summed E-state index contributed by atoms with van der Waals surface area (Å²) in [6, 6.07) is 7.50. The fraction of sp³-hybridized carbons (Fsp3) is 0.579. The van der Waals surface area contributed by atoms with Gasteiger partial charge >= 0.3 is 5.97 Å². The number of hydrogen-bond acceptors (Lipinski definition) is 4. The van der Waals surface area contributed by atoms with Gasteiger partial charge < -0.3 is 10.0 Å². The molecule has 8 heteroatoms. The molecular formula is C19H26N2O5S. The number of sulfonamides is 1. The van der Waals surface area contributed by atoms with Crippen LogP contribution >= 0.6 is 0 Å². The number of carbonyl (C=O) groups excluding carboxylic acids is 1. The Hall–Kier alpha value is -2.09. The molecule has 0 unspecified atom stereocenters. The molecule has 1 atom stereocenters. The first-order chi connectivity index (χ1) is 12.8. The van der Waals surface area contributed by atoms with Gasteiger partial charge in [0, 0.05) is 26.1 Å². The smallest absolute Gasteiger partial charge is 0.306 e. The van der Waals surface area contributed by atoms with Crippen molar-refractivity contribution in [2.24, 2.45) is 11.8 Å². The fourth-order valence-electron chi connectivity index (χ4n) is 4.00. The van der Waals surface area contributed by atoms with E-state index in [9.17, 15) is 18.0 Å². The van der Waals surface area contributed by atoms with E-state index in [1.165, 1.54) is 10.6 Å². The first-order valence-electron chi connectivity index (χ1n) is 9.32. The van der Waals surface area contributed by atoms with E-state index in [1.54, 1.807) is 4.90 Å². The van der Waals surface area contributed by atoms with Crippen LogP contribution in [0.4, 0.5) is 5.69 Å². The number of para-hydroxylation sites is 1. The third-order valence-corrected chi connectivity index (χ3v) is 6.70. The Labute approximate surface area is 160 Å². The van der Waals surface area contributed by atoms with Crippen LogP contribution in [0.1, 0.15) is 31.2 Å². The lowest BCUT2D eigenvalue weighted by molar-refractivity contribution is -0.145. The van der Waals surface area contributed by atoms with Gasteiger partial charge in [-0.25, -0.2) is 8.42 Å². The maximum absolute atomic E-state index is 12.5. The minimum absolute atomic E-state index is 0.0311. The molecule has 0 aromatic heterocycles. The number of piperidine rings is 1. The van der Waals surface area contributed by atoms with Gasteiger partial charge in [0.25, 0.3) is 0 Å². The van der Waals surface area contributed by atoms with E-state index in [4.69, 9.17) is 5.11 Å². The summed E-state index contributed by atoms with van der Waals surface area (Å²) in [7, 11) is -3.36. The predicted molar refractivity (Wildman–Crippen MR) is 102 cm³/mol. The molecule has 1 N–H and O–H groups in total. The van der Waals surface area contributed by atoms with Crippen molar-refractivity contribution in [3.05, 3.63) is 29.8 Å². The van der Waals surface area contributed by atoms with Crippen LogP contribution in [0.3, 0.4) is 0 Å². The van der Waals surface area contributed by atoms with Crippen molar-refractivity contribution in [3.8, 4) is 0 Å². The standard InChI is InChI=1S/C19H26N2O5S/c1-27(25,26)21-13-14(12-16-4-2-3-5-17(16)21)6-7-18(22)20-10-8-15(9-11-20)19(23)24/h2-5,14-15H,6-13H2,1H3,(H,23,24)/t14-/m1/s1. The molecule has 1 aromatic carbocycles. The Morgan fingerprint density at radius 3 is 2.48 bits per heavy atom. The fourth-order valence-corrected chi connectivity index (χ4v) is 5.02. The van der Waals surface area contributed by atoms with Gasteiger partial charge in [-0.05, 0) is 43.2 Å². The van der Waals surface area contributed by atoms with Gasteiger partial charge in [-0.15, -0.1) is 0 Å². The molecule has 0 bridgehead atoms. The number of amides is 1. The van der Waals surface area contributed by atoms with Crippen LogP contribution in [0, 0.1) is 11.8 Å². The second kappa shape index (κ2) is 7.88. The number of carboxylic acid groups (broad SMARTS) is 1. The van der Waals surface area contributed by atoms with Gasteiger partial charge in [0.15, 0.2) is 0 Å². The van der Waals surface area contributed by atoms with Gasteiger partial charge in [-0.1, -0.05) is 18.2 Å². The number of hydrogen-bond donors (Lipinski definition) is 1. The SMILES string of the molecule is CS(=O)(=O)N1C[C@H](CCC(=O)N2CCC(C(=O)O)CC2)Cc2ccccc21. The summed E-state index contributed by atoms with van der Waals surface area (Å²) >= 11 is 0. The van der Waals surface area contributed by atoms with Crippen LogP contribution in [0.5, 0.6) is 0 Å². The summed E-state index contributed by atoms with van der Waals surface area (Å²) in [6.07, 6.45) is 3.96. The maximum atomic E-state index is 12.5. The Morgan fingerprint density at radius 1 is 1.19 bits per heavy atom. The van der Waals surface area contributed by atoms with E-state index in [2.05, 4.69) is 0 Å². The second-order valence-electron chi connectivity index (χ2n) is 7.52. The molecule has 1 saturated heterocycles. The van der Waals surface area contributed by atoms with Crippen molar-refractivity contribution < 1.29 is 23.1 Å². The lowest BCUT2D eigenvalue weighted by atomic mass is 9.90. The molecule has 1 fully saturated rings. The minimum Gasteiger partial charge on any atom is -0.481 e. The highest BCUT2D eigenvalue weighted by Gasteiger charge is 2.31. The average molecular weight is 394 g/mol. The number of anilines is 1. The molecule has 0 aliphatic carbocycles. The first kappa shape index (κ1) is 19.7. The number of rotatable bonds is 5. The number of aliphatic carboxylic acids is 1. The summed E-state index contributed by atoms with van der Waals surface area (Å²) < 4.78 is 25.8.